The van der Waals surface area contributed by atoms with Crippen molar-refractivity contribution in [2.24, 2.45) is 0 Å². The highest BCUT2D eigenvalue weighted by atomic mass is 35.5. The van der Waals surface area contributed by atoms with Crippen molar-refractivity contribution in [2.45, 2.75) is 6.92 Å². The molecule has 2 heterocycles. The van der Waals surface area contributed by atoms with E-state index in [0.717, 1.165) is 4.90 Å². The Morgan fingerprint density at radius 2 is 1.91 bits per heavy atom. The van der Waals surface area contributed by atoms with Crippen LogP contribution in [0.4, 0.5) is 10.5 Å². The number of furan rings is 1. The van der Waals surface area contributed by atoms with Gasteiger partial charge in [-0.2, -0.15) is 0 Å². The zero-order valence-electron chi connectivity index (χ0n) is 17.7. The second kappa shape index (κ2) is 9.24. The molecule has 1 aromatic heterocycles. The van der Waals surface area contributed by atoms with E-state index >= 15 is 0 Å². The molecule has 3 aromatic rings. The third kappa shape index (κ3) is 4.28. The average Bonchev–Trinajstić information content (AvgIpc) is 3.26. The van der Waals surface area contributed by atoms with Gasteiger partial charge in [-0.25, -0.2) is 14.5 Å². The Kier molecular flexibility index (Phi) is 6.20. The molecular formula is C24H17ClN2O7. The van der Waals surface area contributed by atoms with Crippen molar-refractivity contribution in [3.8, 4) is 17.1 Å². The Hall–Kier alpha value is -4.37. The molecule has 0 aliphatic carbocycles. The number of nitrogens with one attached hydrogen (secondary N) is 1. The lowest BCUT2D eigenvalue weighted by Crippen LogP contribution is -2.54. The number of aromatic carboxylic acids is 1. The fourth-order valence-corrected chi connectivity index (χ4v) is 3.57. The highest BCUT2D eigenvalue weighted by Crippen LogP contribution is 2.33. The molecule has 2 aromatic carbocycles. The molecule has 172 valence electrons. The molecule has 9 nitrogen and oxygen atoms in total. The Bertz CT molecular complexity index is 1360. The summed E-state index contributed by atoms with van der Waals surface area (Å²) >= 11 is 6.18. The van der Waals surface area contributed by atoms with Crippen LogP contribution in [0.5, 0.6) is 5.75 Å². The molecule has 2 N–H and O–H groups in total. The van der Waals surface area contributed by atoms with Gasteiger partial charge in [-0.3, -0.25) is 14.9 Å². The fraction of sp³-hybridized carbons (Fsp3) is 0.0833. The Morgan fingerprint density at radius 3 is 2.65 bits per heavy atom. The molecule has 10 heteroatoms. The van der Waals surface area contributed by atoms with Crippen LogP contribution < -0.4 is 15.0 Å². The van der Waals surface area contributed by atoms with E-state index in [1.807, 2.05) is 0 Å². The van der Waals surface area contributed by atoms with Crippen LogP contribution in [0, 0.1) is 0 Å². The lowest BCUT2D eigenvalue weighted by molar-refractivity contribution is -0.122. The first-order chi connectivity index (χ1) is 16.3. The maximum absolute atomic E-state index is 13.2. The summed E-state index contributed by atoms with van der Waals surface area (Å²) < 4.78 is 11.2. The molecule has 1 saturated heterocycles. The maximum Gasteiger partial charge on any atom is 0.336 e. The first-order valence-electron chi connectivity index (χ1n) is 10.1. The number of rotatable bonds is 6. The summed E-state index contributed by atoms with van der Waals surface area (Å²) in [5.41, 5.74) is 0.188. The number of carbonyl (C=O) groups is 4. The second-order valence-electron chi connectivity index (χ2n) is 7.06. The van der Waals surface area contributed by atoms with Crippen molar-refractivity contribution in [1.82, 2.24) is 5.32 Å². The number of barbiturate groups is 1. The lowest BCUT2D eigenvalue weighted by Gasteiger charge is -2.27. The summed E-state index contributed by atoms with van der Waals surface area (Å²) in [5, 5.41) is 11.6. The van der Waals surface area contributed by atoms with Crippen molar-refractivity contribution in [3.63, 3.8) is 0 Å². The van der Waals surface area contributed by atoms with Gasteiger partial charge in [0.2, 0.25) is 0 Å². The summed E-state index contributed by atoms with van der Waals surface area (Å²) in [7, 11) is 0. The minimum atomic E-state index is -1.13. The molecule has 34 heavy (non-hydrogen) atoms. The number of amides is 4. The van der Waals surface area contributed by atoms with E-state index in [0.29, 0.717) is 17.9 Å². The van der Waals surface area contributed by atoms with Gasteiger partial charge in [0, 0.05) is 5.56 Å². The molecular weight excluding hydrogens is 464 g/mol. The summed E-state index contributed by atoms with van der Waals surface area (Å²) in [5.74, 6) is -2.21. The van der Waals surface area contributed by atoms with Crippen LogP contribution >= 0.6 is 11.6 Å². The van der Waals surface area contributed by atoms with E-state index < -0.39 is 23.8 Å². The molecule has 1 fully saturated rings. The number of anilines is 1. The minimum Gasteiger partial charge on any atom is -0.492 e. The molecule has 0 spiro atoms. The fourth-order valence-electron chi connectivity index (χ4n) is 3.36. The molecule has 1 aliphatic heterocycles. The van der Waals surface area contributed by atoms with Gasteiger partial charge in [-0.1, -0.05) is 23.7 Å². The van der Waals surface area contributed by atoms with Crippen LogP contribution in [0.3, 0.4) is 0 Å². The molecule has 1 aliphatic rings. The minimum absolute atomic E-state index is 0.0136. The highest BCUT2D eigenvalue weighted by Gasteiger charge is 2.38. The largest absolute Gasteiger partial charge is 0.492 e. The molecule has 0 atom stereocenters. The zero-order valence-corrected chi connectivity index (χ0v) is 18.5. The maximum atomic E-state index is 13.2. The van der Waals surface area contributed by atoms with Gasteiger partial charge in [-0.15, -0.1) is 0 Å². The number of halogens is 1. The molecule has 4 amide bonds. The van der Waals surface area contributed by atoms with E-state index in [-0.39, 0.29) is 33.4 Å². The van der Waals surface area contributed by atoms with Crippen molar-refractivity contribution in [3.05, 3.63) is 76.5 Å². The summed E-state index contributed by atoms with van der Waals surface area (Å²) in [6.07, 6.45) is 1.19. The number of imide groups is 2. The Morgan fingerprint density at radius 1 is 1.15 bits per heavy atom. The number of para-hydroxylation sites is 2. The van der Waals surface area contributed by atoms with E-state index in [9.17, 15) is 24.3 Å². The number of nitrogens with zero attached hydrogens (tertiary/aromatic N) is 1. The van der Waals surface area contributed by atoms with Crippen molar-refractivity contribution in [1.29, 1.82) is 0 Å². The lowest BCUT2D eigenvalue weighted by atomic mass is 10.1. The highest BCUT2D eigenvalue weighted by molar-refractivity contribution is 6.39. The van der Waals surface area contributed by atoms with Crippen LogP contribution in [0.1, 0.15) is 23.0 Å². The Labute approximate surface area is 198 Å². The first kappa shape index (κ1) is 22.8. The average molecular weight is 481 g/mol. The second-order valence-corrected chi connectivity index (χ2v) is 7.47. The molecule has 0 saturated carbocycles. The SMILES string of the molecule is CCOc1ccccc1N1C(=O)NC(=O)/C(=C\c2ccc(-c3cc(C(=O)O)ccc3Cl)o2)C1=O. The van der Waals surface area contributed by atoms with Crippen LogP contribution in [-0.2, 0) is 9.59 Å². The van der Waals surface area contributed by atoms with Crippen LogP contribution in [0.25, 0.3) is 17.4 Å². The van der Waals surface area contributed by atoms with E-state index in [1.165, 1.54) is 42.5 Å². The summed E-state index contributed by atoms with van der Waals surface area (Å²) in [6.45, 7) is 2.07. The number of hydrogen-bond acceptors (Lipinski definition) is 6. The summed E-state index contributed by atoms with van der Waals surface area (Å²) in [6, 6.07) is 12.7. The van der Waals surface area contributed by atoms with Gasteiger partial charge in [0.1, 0.15) is 22.8 Å². The molecule has 4 rings (SSSR count). The molecule has 0 unspecified atom stereocenters. The van der Waals surface area contributed by atoms with Crippen LogP contribution in [0.15, 0.2) is 64.6 Å². The first-order valence-corrected chi connectivity index (χ1v) is 10.4. The zero-order chi connectivity index (χ0) is 24.4. The van der Waals surface area contributed by atoms with Crippen LogP contribution in [0.2, 0.25) is 5.02 Å². The number of carboxylic acid groups (broad SMARTS) is 1. The number of ether oxygens (including phenoxy) is 1. The number of urea groups is 1. The third-order valence-electron chi connectivity index (χ3n) is 4.90. The van der Waals surface area contributed by atoms with Gasteiger partial charge in [0.25, 0.3) is 11.8 Å². The van der Waals surface area contributed by atoms with Gasteiger partial charge in [-0.05, 0) is 55.5 Å². The van der Waals surface area contributed by atoms with E-state index in [4.69, 9.17) is 20.8 Å². The van der Waals surface area contributed by atoms with Crippen molar-refractivity contribution >= 4 is 47.2 Å². The van der Waals surface area contributed by atoms with Gasteiger partial charge in [0.05, 0.1) is 22.9 Å². The van der Waals surface area contributed by atoms with Gasteiger partial charge < -0.3 is 14.3 Å². The number of benzene rings is 2. The molecule has 0 bridgehead atoms. The number of carbonyl (C=O) groups excluding carboxylic acids is 3. The molecule has 0 radical (unpaired) electrons. The number of hydrogen-bond donors (Lipinski definition) is 2. The Balaban J connectivity index is 1.70. The topological polar surface area (TPSA) is 126 Å². The third-order valence-corrected chi connectivity index (χ3v) is 5.23. The summed E-state index contributed by atoms with van der Waals surface area (Å²) in [4.78, 5) is 50.2. The van der Waals surface area contributed by atoms with Crippen LogP contribution in [-0.4, -0.2) is 35.5 Å². The normalized spacial score (nSPS) is 14.9. The van der Waals surface area contributed by atoms with Gasteiger partial charge >= 0.3 is 12.0 Å². The van der Waals surface area contributed by atoms with E-state index in [1.54, 1.807) is 25.1 Å². The predicted molar refractivity (Wildman–Crippen MR) is 123 cm³/mol. The van der Waals surface area contributed by atoms with E-state index in [2.05, 4.69) is 5.32 Å². The standard InChI is InChI=1S/C24H17ClN2O7/c1-2-33-20-6-4-3-5-18(20)27-22(29)16(21(28)26-24(27)32)12-14-8-10-19(34-14)15-11-13(23(30)31)7-9-17(15)25/h3-12H,2H2,1H3,(H,30,31)(H,26,28,32)/b16-12+. The monoisotopic (exact) mass is 480 g/mol. The number of carboxylic acids is 1. The van der Waals surface area contributed by atoms with Crippen molar-refractivity contribution < 1.29 is 33.4 Å². The van der Waals surface area contributed by atoms with Crippen molar-refractivity contribution in [2.75, 3.05) is 11.5 Å². The smallest absolute Gasteiger partial charge is 0.336 e. The predicted octanol–water partition coefficient (Wildman–Crippen LogP) is 4.36. The van der Waals surface area contributed by atoms with Gasteiger partial charge in [0.15, 0.2) is 0 Å². The quantitative estimate of drug-likeness (QED) is 0.396.